The van der Waals surface area contributed by atoms with Gasteiger partial charge in [0.2, 0.25) is 0 Å². The van der Waals surface area contributed by atoms with Crippen LogP contribution >= 0.6 is 11.3 Å². The van der Waals surface area contributed by atoms with Gasteiger partial charge in [-0.1, -0.05) is 72.5 Å². The minimum Gasteiger partial charge on any atom is -0.312 e. The first-order chi connectivity index (χ1) is 13.4. The highest BCUT2D eigenvalue weighted by molar-refractivity contribution is 7.10. The Bertz CT molecular complexity index is 1080. The molecule has 1 aromatic heterocycles. The van der Waals surface area contributed by atoms with Gasteiger partial charge < -0.3 is 5.32 Å². The minimum atomic E-state index is 0.891. The molecule has 0 aliphatic carbocycles. The molecule has 0 spiro atoms. The van der Waals surface area contributed by atoms with E-state index in [2.05, 4.69) is 71.1 Å². The molecule has 0 bridgehead atoms. The molecule has 0 aliphatic heterocycles. The lowest BCUT2D eigenvalue weighted by Gasteiger charge is -2.07. The van der Waals surface area contributed by atoms with E-state index in [0.717, 1.165) is 30.6 Å². The van der Waals surface area contributed by atoms with Crippen LogP contribution in [0.25, 0.3) is 10.8 Å². The van der Waals surface area contributed by atoms with E-state index in [9.17, 15) is 0 Å². The molecule has 132 valence electrons. The zero-order valence-corrected chi connectivity index (χ0v) is 15.9. The number of hydrogen-bond donors (Lipinski definition) is 1. The molecule has 1 heterocycles. The second-order valence-electron chi connectivity index (χ2n) is 6.48. The summed E-state index contributed by atoms with van der Waals surface area (Å²) < 4.78 is 0. The molecule has 0 aliphatic rings. The van der Waals surface area contributed by atoms with E-state index >= 15 is 0 Å². The van der Waals surface area contributed by atoms with Crippen LogP contribution in [0.5, 0.6) is 0 Å². The van der Waals surface area contributed by atoms with Crippen LogP contribution in [0.15, 0.2) is 84.2 Å². The van der Waals surface area contributed by atoms with Crippen molar-refractivity contribution in [2.24, 2.45) is 0 Å². The lowest BCUT2D eigenvalue weighted by molar-refractivity contribution is 0.695. The smallest absolute Gasteiger partial charge is 0.0359 e. The largest absolute Gasteiger partial charge is 0.312 e. The highest BCUT2D eigenvalue weighted by Gasteiger charge is 2.01. The number of fused-ring (bicyclic) bond motifs is 1. The Morgan fingerprint density at radius 3 is 2.48 bits per heavy atom. The zero-order chi connectivity index (χ0) is 18.3. The predicted octanol–water partition coefficient (Wildman–Crippen LogP) is 5.63. The molecule has 4 rings (SSSR count). The van der Waals surface area contributed by atoms with E-state index in [-0.39, 0.29) is 0 Å². The zero-order valence-electron chi connectivity index (χ0n) is 15.1. The fraction of sp³-hybridized carbons (Fsp3) is 0.120. The SMILES string of the molecule is C(#Cc1csc(CNCCc2cccc3ccccc23)c1)c1ccccc1. The van der Waals surface area contributed by atoms with Gasteiger partial charge in [0, 0.05) is 27.9 Å². The molecule has 0 saturated heterocycles. The number of nitrogens with one attached hydrogen (secondary N) is 1. The summed E-state index contributed by atoms with van der Waals surface area (Å²) in [5, 5.41) is 8.37. The lowest BCUT2D eigenvalue weighted by atomic mass is 10.0. The van der Waals surface area contributed by atoms with Gasteiger partial charge in [0.15, 0.2) is 0 Å². The Morgan fingerprint density at radius 2 is 1.56 bits per heavy atom. The standard InChI is InChI=1S/C25H21NS/c1-2-7-20(8-3-1)13-14-21-17-24(27-19-21)18-26-16-15-23-11-6-10-22-9-4-5-12-25(22)23/h1-12,17,19,26H,15-16,18H2. The van der Waals surface area contributed by atoms with Crippen LogP contribution in [0, 0.1) is 11.8 Å². The third-order valence-corrected chi connectivity index (χ3v) is 5.47. The van der Waals surface area contributed by atoms with Crippen molar-refractivity contribution in [1.82, 2.24) is 5.32 Å². The molecule has 0 radical (unpaired) electrons. The van der Waals surface area contributed by atoms with Gasteiger partial charge >= 0.3 is 0 Å². The summed E-state index contributed by atoms with van der Waals surface area (Å²) in [5.74, 6) is 6.47. The molecule has 2 heteroatoms. The molecule has 0 amide bonds. The summed E-state index contributed by atoms with van der Waals surface area (Å²) >= 11 is 1.77. The second-order valence-corrected chi connectivity index (χ2v) is 7.48. The fourth-order valence-corrected chi connectivity index (χ4v) is 3.94. The molecule has 0 unspecified atom stereocenters. The van der Waals surface area contributed by atoms with Gasteiger partial charge in [0.05, 0.1) is 0 Å². The Kier molecular flexibility index (Phi) is 5.64. The van der Waals surface area contributed by atoms with Crippen LogP contribution in [0.2, 0.25) is 0 Å². The third-order valence-electron chi connectivity index (χ3n) is 4.53. The van der Waals surface area contributed by atoms with Gasteiger partial charge in [-0.15, -0.1) is 11.3 Å². The lowest BCUT2D eigenvalue weighted by Crippen LogP contribution is -2.16. The Labute approximate surface area is 164 Å². The Hall–Kier alpha value is -2.86. The molecule has 3 aromatic carbocycles. The van der Waals surface area contributed by atoms with E-state index in [1.54, 1.807) is 11.3 Å². The number of thiophene rings is 1. The van der Waals surface area contributed by atoms with Gasteiger partial charge in [0.1, 0.15) is 0 Å². The molecule has 0 saturated carbocycles. The van der Waals surface area contributed by atoms with Crippen LogP contribution in [0.1, 0.15) is 21.6 Å². The normalized spacial score (nSPS) is 10.5. The first-order valence-corrected chi connectivity index (χ1v) is 10.1. The van der Waals surface area contributed by atoms with Crippen LogP contribution in [0.3, 0.4) is 0 Å². The average molecular weight is 368 g/mol. The second kappa shape index (κ2) is 8.68. The molecule has 0 atom stereocenters. The van der Waals surface area contributed by atoms with Crippen molar-refractivity contribution in [2.75, 3.05) is 6.54 Å². The highest BCUT2D eigenvalue weighted by atomic mass is 32.1. The van der Waals surface area contributed by atoms with Crippen molar-refractivity contribution in [1.29, 1.82) is 0 Å². The van der Waals surface area contributed by atoms with E-state index < -0.39 is 0 Å². The number of rotatable bonds is 5. The van der Waals surface area contributed by atoms with Crippen LogP contribution in [-0.4, -0.2) is 6.54 Å². The maximum atomic E-state index is 3.56. The number of benzene rings is 3. The summed E-state index contributed by atoms with van der Waals surface area (Å²) in [7, 11) is 0. The Morgan fingerprint density at radius 1 is 0.778 bits per heavy atom. The van der Waals surface area contributed by atoms with E-state index in [1.165, 1.54) is 21.2 Å². The highest BCUT2D eigenvalue weighted by Crippen LogP contribution is 2.19. The number of hydrogen-bond acceptors (Lipinski definition) is 2. The van der Waals surface area contributed by atoms with E-state index in [1.807, 2.05) is 30.3 Å². The summed E-state index contributed by atoms with van der Waals surface area (Å²) in [4.78, 5) is 1.32. The van der Waals surface area contributed by atoms with Gasteiger partial charge in [-0.2, -0.15) is 0 Å². The van der Waals surface area contributed by atoms with Crippen molar-refractivity contribution in [3.05, 3.63) is 106 Å². The van der Waals surface area contributed by atoms with Crippen LogP contribution in [-0.2, 0) is 13.0 Å². The maximum Gasteiger partial charge on any atom is 0.0359 e. The van der Waals surface area contributed by atoms with Gasteiger partial charge in [0.25, 0.3) is 0 Å². The summed E-state index contributed by atoms with van der Waals surface area (Å²) in [6.45, 7) is 1.86. The third kappa shape index (κ3) is 4.65. The minimum absolute atomic E-state index is 0.891. The Balaban J connectivity index is 1.31. The van der Waals surface area contributed by atoms with Crippen molar-refractivity contribution < 1.29 is 0 Å². The van der Waals surface area contributed by atoms with Crippen LogP contribution < -0.4 is 5.32 Å². The van der Waals surface area contributed by atoms with Gasteiger partial charge in [-0.25, -0.2) is 0 Å². The molecule has 27 heavy (non-hydrogen) atoms. The molecular formula is C25H21NS. The quantitative estimate of drug-likeness (QED) is 0.356. The van der Waals surface area contributed by atoms with E-state index in [4.69, 9.17) is 0 Å². The summed E-state index contributed by atoms with van der Waals surface area (Å²) in [5.41, 5.74) is 3.55. The first-order valence-electron chi connectivity index (χ1n) is 9.20. The molecule has 4 aromatic rings. The molecule has 1 N–H and O–H groups in total. The first kappa shape index (κ1) is 17.5. The van der Waals surface area contributed by atoms with Crippen LogP contribution in [0.4, 0.5) is 0 Å². The average Bonchev–Trinajstić information content (AvgIpc) is 3.18. The van der Waals surface area contributed by atoms with Gasteiger partial charge in [-0.05, 0) is 47.5 Å². The molecular weight excluding hydrogens is 346 g/mol. The van der Waals surface area contributed by atoms with Crippen molar-refractivity contribution in [3.8, 4) is 11.8 Å². The van der Waals surface area contributed by atoms with E-state index in [0.29, 0.717) is 0 Å². The predicted molar refractivity (Wildman–Crippen MR) is 116 cm³/mol. The molecule has 1 nitrogen and oxygen atoms in total. The van der Waals surface area contributed by atoms with Crippen molar-refractivity contribution in [2.45, 2.75) is 13.0 Å². The monoisotopic (exact) mass is 367 g/mol. The van der Waals surface area contributed by atoms with Crippen molar-refractivity contribution in [3.63, 3.8) is 0 Å². The fourth-order valence-electron chi connectivity index (χ4n) is 3.15. The summed E-state index contributed by atoms with van der Waals surface area (Å²) in [6.07, 6.45) is 1.04. The van der Waals surface area contributed by atoms with Crippen molar-refractivity contribution >= 4 is 22.1 Å². The molecule has 0 fully saturated rings. The maximum absolute atomic E-state index is 3.56. The topological polar surface area (TPSA) is 12.0 Å². The van der Waals surface area contributed by atoms with Gasteiger partial charge in [-0.3, -0.25) is 0 Å². The summed E-state index contributed by atoms with van der Waals surface area (Å²) in [6, 6.07) is 27.5.